The van der Waals surface area contributed by atoms with Gasteiger partial charge in [0.05, 0.1) is 20.5 Å². The van der Waals surface area contributed by atoms with E-state index in [9.17, 15) is 4.79 Å². The predicted molar refractivity (Wildman–Crippen MR) is 75.5 cm³/mol. The first kappa shape index (κ1) is 14.8. The van der Waals surface area contributed by atoms with Gasteiger partial charge in [-0.1, -0.05) is 23.7 Å². The standard InChI is InChI=1S/C13H12BrClO3/c1-17-8-11(13(16)18-2)12(14)7-9-3-5-10(15)6-4-9/h3-8H,1-2H3/b11-8?,12-7+. The molecule has 0 amide bonds. The molecule has 0 fully saturated rings. The lowest BCUT2D eigenvalue weighted by Crippen LogP contribution is -2.05. The number of halogens is 2. The first-order chi connectivity index (χ1) is 8.58. The first-order valence-electron chi connectivity index (χ1n) is 5.03. The van der Waals surface area contributed by atoms with Crippen molar-refractivity contribution < 1.29 is 14.3 Å². The van der Waals surface area contributed by atoms with Crippen molar-refractivity contribution in [2.24, 2.45) is 0 Å². The number of benzene rings is 1. The van der Waals surface area contributed by atoms with Gasteiger partial charge in [0.1, 0.15) is 5.57 Å². The molecule has 1 aromatic rings. The van der Waals surface area contributed by atoms with E-state index < -0.39 is 5.97 Å². The molecule has 1 rings (SSSR count). The number of ether oxygens (including phenoxy) is 2. The summed E-state index contributed by atoms with van der Waals surface area (Å²) in [7, 11) is 2.78. The summed E-state index contributed by atoms with van der Waals surface area (Å²) in [5.74, 6) is -0.478. The normalized spacial score (nSPS) is 12.2. The SMILES string of the molecule is COC=C(C(=O)OC)/C(Br)=C\c1ccc(Cl)cc1. The quantitative estimate of drug-likeness (QED) is 0.364. The molecule has 0 spiro atoms. The Hall–Kier alpha value is -1.26. The van der Waals surface area contributed by atoms with Crippen molar-refractivity contribution in [2.45, 2.75) is 0 Å². The van der Waals surface area contributed by atoms with Crippen molar-refractivity contribution in [1.82, 2.24) is 0 Å². The number of rotatable bonds is 4. The van der Waals surface area contributed by atoms with Crippen LogP contribution in [0.4, 0.5) is 0 Å². The third-order valence-corrected chi connectivity index (χ3v) is 2.97. The summed E-state index contributed by atoms with van der Waals surface area (Å²) in [4.78, 5) is 11.5. The molecule has 96 valence electrons. The molecule has 0 aliphatic heterocycles. The molecule has 3 nitrogen and oxygen atoms in total. The Balaban J connectivity index is 3.02. The number of carbonyl (C=O) groups is 1. The van der Waals surface area contributed by atoms with Crippen LogP contribution in [0, 0.1) is 0 Å². The lowest BCUT2D eigenvalue weighted by molar-refractivity contribution is -0.135. The fourth-order valence-electron chi connectivity index (χ4n) is 1.21. The average molecular weight is 332 g/mol. The minimum absolute atomic E-state index is 0.301. The maximum Gasteiger partial charge on any atom is 0.342 e. The molecule has 0 bridgehead atoms. The molecule has 0 saturated heterocycles. The lowest BCUT2D eigenvalue weighted by atomic mass is 10.1. The van der Waals surface area contributed by atoms with Crippen LogP contribution in [-0.2, 0) is 14.3 Å². The van der Waals surface area contributed by atoms with Gasteiger partial charge in [0.15, 0.2) is 0 Å². The molecule has 0 unspecified atom stereocenters. The average Bonchev–Trinajstić information content (AvgIpc) is 2.37. The summed E-state index contributed by atoms with van der Waals surface area (Å²) >= 11 is 9.12. The molecular formula is C13H12BrClO3. The van der Waals surface area contributed by atoms with E-state index in [0.29, 0.717) is 15.1 Å². The summed E-state index contributed by atoms with van der Waals surface area (Å²) in [6, 6.07) is 7.22. The molecule has 0 aliphatic carbocycles. The van der Waals surface area contributed by atoms with Crippen molar-refractivity contribution in [3.63, 3.8) is 0 Å². The minimum Gasteiger partial charge on any atom is -0.503 e. The van der Waals surface area contributed by atoms with Gasteiger partial charge in [0.25, 0.3) is 0 Å². The lowest BCUT2D eigenvalue weighted by Gasteiger charge is -2.04. The van der Waals surface area contributed by atoms with E-state index in [1.807, 2.05) is 12.1 Å². The molecule has 0 atom stereocenters. The van der Waals surface area contributed by atoms with Crippen LogP contribution in [0.15, 0.2) is 40.6 Å². The molecular weight excluding hydrogens is 319 g/mol. The third-order valence-electron chi connectivity index (χ3n) is 2.06. The second kappa shape index (κ2) is 7.24. The molecule has 0 radical (unpaired) electrons. The van der Waals surface area contributed by atoms with E-state index >= 15 is 0 Å². The summed E-state index contributed by atoms with van der Waals surface area (Å²) in [6.07, 6.45) is 3.10. The van der Waals surface area contributed by atoms with Crippen molar-refractivity contribution in [1.29, 1.82) is 0 Å². The second-order valence-corrected chi connectivity index (χ2v) is 4.59. The molecule has 18 heavy (non-hydrogen) atoms. The Morgan fingerprint density at radius 2 is 1.89 bits per heavy atom. The van der Waals surface area contributed by atoms with Gasteiger partial charge in [0.2, 0.25) is 0 Å². The molecule has 0 aromatic heterocycles. The molecule has 1 aromatic carbocycles. The van der Waals surface area contributed by atoms with E-state index in [1.165, 1.54) is 20.5 Å². The van der Waals surface area contributed by atoms with Crippen molar-refractivity contribution >= 4 is 39.6 Å². The van der Waals surface area contributed by atoms with Gasteiger partial charge in [-0.3, -0.25) is 0 Å². The highest BCUT2D eigenvalue weighted by molar-refractivity contribution is 9.12. The fourth-order valence-corrected chi connectivity index (χ4v) is 1.86. The summed E-state index contributed by atoms with van der Waals surface area (Å²) in [5.41, 5.74) is 1.20. The van der Waals surface area contributed by atoms with Crippen LogP contribution in [0.5, 0.6) is 0 Å². The molecule has 5 heteroatoms. The van der Waals surface area contributed by atoms with Crippen LogP contribution in [-0.4, -0.2) is 20.2 Å². The van der Waals surface area contributed by atoms with E-state index in [2.05, 4.69) is 20.7 Å². The van der Waals surface area contributed by atoms with Crippen molar-refractivity contribution in [3.8, 4) is 0 Å². The Morgan fingerprint density at radius 3 is 2.39 bits per heavy atom. The Labute approximate surface area is 119 Å². The fraction of sp³-hybridized carbons (Fsp3) is 0.154. The summed E-state index contributed by atoms with van der Waals surface area (Å²) < 4.78 is 10.1. The van der Waals surface area contributed by atoms with Crippen LogP contribution >= 0.6 is 27.5 Å². The van der Waals surface area contributed by atoms with Crippen LogP contribution in [0.2, 0.25) is 5.02 Å². The van der Waals surface area contributed by atoms with Crippen LogP contribution in [0.25, 0.3) is 6.08 Å². The van der Waals surface area contributed by atoms with Gasteiger partial charge in [-0.2, -0.15) is 0 Å². The number of hydrogen-bond acceptors (Lipinski definition) is 3. The monoisotopic (exact) mass is 330 g/mol. The van der Waals surface area contributed by atoms with Crippen molar-refractivity contribution in [2.75, 3.05) is 14.2 Å². The maximum atomic E-state index is 11.5. The van der Waals surface area contributed by atoms with Gasteiger partial charge < -0.3 is 9.47 Å². The van der Waals surface area contributed by atoms with E-state index in [-0.39, 0.29) is 0 Å². The van der Waals surface area contributed by atoms with Gasteiger partial charge >= 0.3 is 5.97 Å². The number of esters is 1. The zero-order chi connectivity index (χ0) is 13.5. The minimum atomic E-state index is -0.478. The van der Waals surface area contributed by atoms with Gasteiger partial charge in [-0.15, -0.1) is 0 Å². The van der Waals surface area contributed by atoms with Gasteiger partial charge in [-0.05, 0) is 39.7 Å². The highest BCUT2D eigenvalue weighted by Crippen LogP contribution is 2.22. The highest BCUT2D eigenvalue weighted by atomic mass is 79.9. The van der Waals surface area contributed by atoms with Crippen LogP contribution in [0.1, 0.15) is 5.56 Å². The van der Waals surface area contributed by atoms with Crippen LogP contribution < -0.4 is 0 Å². The zero-order valence-electron chi connectivity index (χ0n) is 9.94. The highest BCUT2D eigenvalue weighted by Gasteiger charge is 2.13. The third kappa shape index (κ3) is 4.20. The predicted octanol–water partition coefficient (Wildman–Crippen LogP) is 3.78. The van der Waals surface area contributed by atoms with E-state index in [0.717, 1.165) is 5.56 Å². The maximum absolute atomic E-state index is 11.5. The Morgan fingerprint density at radius 1 is 1.28 bits per heavy atom. The molecule has 0 N–H and O–H groups in total. The van der Waals surface area contributed by atoms with Gasteiger partial charge in [-0.25, -0.2) is 4.79 Å². The number of methoxy groups -OCH3 is 2. The molecule has 0 saturated carbocycles. The second-order valence-electron chi connectivity index (χ2n) is 3.30. The van der Waals surface area contributed by atoms with E-state index in [4.69, 9.17) is 16.3 Å². The smallest absolute Gasteiger partial charge is 0.342 e. The first-order valence-corrected chi connectivity index (χ1v) is 6.20. The Bertz CT molecular complexity index is 478. The molecule has 0 aliphatic rings. The summed E-state index contributed by atoms with van der Waals surface area (Å²) in [5, 5.41) is 0.656. The summed E-state index contributed by atoms with van der Waals surface area (Å²) in [6.45, 7) is 0. The zero-order valence-corrected chi connectivity index (χ0v) is 12.3. The number of carbonyl (C=O) groups excluding carboxylic acids is 1. The molecule has 0 heterocycles. The Kier molecular flexibility index (Phi) is 5.95. The number of hydrogen-bond donors (Lipinski definition) is 0. The largest absolute Gasteiger partial charge is 0.503 e. The van der Waals surface area contributed by atoms with Crippen molar-refractivity contribution in [3.05, 3.63) is 51.2 Å². The van der Waals surface area contributed by atoms with Crippen LogP contribution in [0.3, 0.4) is 0 Å². The topological polar surface area (TPSA) is 35.5 Å². The van der Waals surface area contributed by atoms with Gasteiger partial charge in [0, 0.05) is 9.51 Å². The van der Waals surface area contributed by atoms with E-state index in [1.54, 1.807) is 18.2 Å².